The van der Waals surface area contributed by atoms with E-state index in [2.05, 4.69) is 37.4 Å². The van der Waals surface area contributed by atoms with Crippen LogP contribution in [-0.4, -0.2) is 44.1 Å². The summed E-state index contributed by atoms with van der Waals surface area (Å²) in [4.78, 5) is 31.6. The van der Waals surface area contributed by atoms with Crippen molar-refractivity contribution in [1.29, 1.82) is 0 Å². The van der Waals surface area contributed by atoms with Gasteiger partial charge < -0.3 is 21.4 Å². The van der Waals surface area contributed by atoms with Gasteiger partial charge in [-0.05, 0) is 37.5 Å². The lowest BCUT2D eigenvalue weighted by Crippen LogP contribution is -2.50. The Bertz CT molecular complexity index is 1340. The molecule has 0 atom stereocenters. The molecule has 3 aromatic rings. The third kappa shape index (κ3) is 6.03. The standard InChI is InChI=1S/C24H25ClF3N7O2/c1-11(2)5-17-19(20(35-34-17)24(26,27)28)18-10-30-21(33-18)23(37)31-9-12-3-4-15(16(25)6-12)22(36)32-14-7-13(29)8-14/h3-4,6,10,13-14H,1,5,7-9,29H2,2H3,(H,30,33)(H,31,37)(H,32,36)(H,34,35). The van der Waals surface area contributed by atoms with Crippen molar-refractivity contribution in [2.45, 2.75) is 51.0 Å². The van der Waals surface area contributed by atoms with E-state index in [0.29, 0.717) is 16.7 Å². The van der Waals surface area contributed by atoms with Gasteiger partial charge in [0.2, 0.25) is 0 Å². The van der Waals surface area contributed by atoms with E-state index in [0.717, 1.165) is 19.0 Å². The molecule has 0 bridgehead atoms. The van der Waals surface area contributed by atoms with Crippen molar-refractivity contribution in [2.24, 2.45) is 5.73 Å². The Morgan fingerprint density at radius 3 is 2.62 bits per heavy atom. The maximum Gasteiger partial charge on any atom is 0.435 e. The summed E-state index contributed by atoms with van der Waals surface area (Å²) in [6.07, 6.45) is -1.98. The Balaban J connectivity index is 1.43. The number of rotatable bonds is 8. The molecule has 1 aromatic carbocycles. The molecule has 1 fully saturated rings. The molecule has 9 nitrogen and oxygen atoms in total. The minimum Gasteiger partial charge on any atom is -0.349 e. The second-order valence-corrected chi connectivity index (χ2v) is 9.51. The monoisotopic (exact) mass is 535 g/mol. The van der Waals surface area contributed by atoms with Gasteiger partial charge in [-0.3, -0.25) is 14.7 Å². The van der Waals surface area contributed by atoms with Crippen LogP contribution in [0.4, 0.5) is 13.2 Å². The van der Waals surface area contributed by atoms with Crippen LogP contribution in [0.25, 0.3) is 11.3 Å². The first-order chi connectivity index (χ1) is 17.4. The van der Waals surface area contributed by atoms with Gasteiger partial charge in [0.05, 0.1) is 28.0 Å². The minimum absolute atomic E-state index is 0.00620. The molecule has 0 spiro atoms. The number of carbonyl (C=O) groups excluding carboxylic acids is 2. The predicted molar refractivity (Wildman–Crippen MR) is 131 cm³/mol. The fraction of sp³-hybridized carbons (Fsp3) is 0.333. The van der Waals surface area contributed by atoms with E-state index in [4.69, 9.17) is 17.3 Å². The number of H-pyrrole nitrogens is 2. The lowest BCUT2D eigenvalue weighted by molar-refractivity contribution is -0.140. The number of imidazole rings is 1. The van der Waals surface area contributed by atoms with E-state index in [-0.39, 0.29) is 58.8 Å². The Kier molecular flexibility index (Phi) is 7.42. The van der Waals surface area contributed by atoms with Crippen LogP contribution >= 0.6 is 11.6 Å². The number of amides is 2. The van der Waals surface area contributed by atoms with Gasteiger partial charge in [-0.2, -0.15) is 18.3 Å². The molecule has 4 rings (SSSR count). The molecule has 2 aromatic heterocycles. The molecule has 0 unspecified atom stereocenters. The molecule has 6 N–H and O–H groups in total. The second-order valence-electron chi connectivity index (χ2n) is 9.10. The zero-order valence-electron chi connectivity index (χ0n) is 19.8. The summed E-state index contributed by atoms with van der Waals surface area (Å²) >= 11 is 6.27. The number of allylic oxidation sites excluding steroid dienone is 1. The molecule has 2 heterocycles. The first-order valence-corrected chi connectivity index (χ1v) is 11.8. The summed E-state index contributed by atoms with van der Waals surface area (Å²) in [6.45, 7) is 5.46. The van der Waals surface area contributed by atoms with Gasteiger partial charge in [0.25, 0.3) is 11.8 Å². The lowest BCUT2D eigenvalue weighted by atomic mass is 9.87. The van der Waals surface area contributed by atoms with Crippen molar-refractivity contribution in [3.05, 3.63) is 69.9 Å². The smallest absolute Gasteiger partial charge is 0.349 e. The summed E-state index contributed by atoms with van der Waals surface area (Å²) in [6, 6.07) is 4.89. The number of aromatic amines is 2. The van der Waals surface area contributed by atoms with Crippen LogP contribution in [-0.2, 0) is 19.1 Å². The van der Waals surface area contributed by atoms with E-state index in [1.54, 1.807) is 25.1 Å². The predicted octanol–water partition coefficient (Wildman–Crippen LogP) is 3.74. The Morgan fingerprint density at radius 2 is 2.00 bits per heavy atom. The highest BCUT2D eigenvalue weighted by atomic mass is 35.5. The van der Waals surface area contributed by atoms with Crippen LogP contribution in [0, 0.1) is 0 Å². The summed E-state index contributed by atoms with van der Waals surface area (Å²) in [5.41, 5.74) is 6.15. The number of halogens is 4. The van der Waals surface area contributed by atoms with E-state index in [1.807, 2.05) is 0 Å². The summed E-state index contributed by atoms with van der Waals surface area (Å²) in [7, 11) is 0. The molecule has 0 aliphatic heterocycles. The maximum atomic E-state index is 13.5. The number of hydrogen-bond acceptors (Lipinski definition) is 5. The number of benzene rings is 1. The Hall–Kier alpha value is -3.64. The molecule has 0 saturated heterocycles. The van der Waals surface area contributed by atoms with Crippen LogP contribution in [0.15, 0.2) is 36.5 Å². The van der Waals surface area contributed by atoms with E-state index in [9.17, 15) is 22.8 Å². The van der Waals surface area contributed by atoms with Gasteiger partial charge in [0, 0.05) is 30.7 Å². The van der Waals surface area contributed by atoms with Gasteiger partial charge in [-0.25, -0.2) is 4.98 Å². The number of nitrogens with one attached hydrogen (secondary N) is 4. The van der Waals surface area contributed by atoms with Crippen molar-refractivity contribution in [2.75, 3.05) is 0 Å². The van der Waals surface area contributed by atoms with Crippen LogP contribution in [0.3, 0.4) is 0 Å². The van der Waals surface area contributed by atoms with E-state index >= 15 is 0 Å². The fourth-order valence-corrected chi connectivity index (χ4v) is 4.32. The number of aromatic nitrogens is 4. The van der Waals surface area contributed by atoms with Gasteiger partial charge in [0.1, 0.15) is 0 Å². The van der Waals surface area contributed by atoms with Crippen molar-refractivity contribution in [3.8, 4) is 11.3 Å². The molecule has 13 heteroatoms. The first-order valence-electron chi connectivity index (χ1n) is 11.4. The third-order valence-electron chi connectivity index (χ3n) is 5.89. The van der Waals surface area contributed by atoms with Crippen molar-refractivity contribution in [1.82, 2.24) is 30.8 Å². The maximum absolute atomic E-state index is 13.5. The molecule has 2 amide bonds. The average Bonchev–Trinajstić information content (AvgIpc) is 3.43. The SMILES string of the molecule is C=C(C)Cc1[nH]nc(C(F)(F)F)c1-c1cnc(C(=O)NCc2ccc(C(=O)NC3CC(N)C3)c(Cl)c2)[nH]1. The highest BCUT2D eigenvalue weighted by molar-refractivity contribution is 6.33. The zero-order valence-corrected chi connectivity index (χ0v) is 20.6. The number of alkyl halides is 3. The Labute approximate surface area is 215 Å². The number of hydrogen-bond donors (Lipinski definition) is 5. The second kappa shape index (κ2) is 10.4. The van der Waals surface area contributed by atoms with Crippen LogP contribution in [0.5, 0.6) is 0 Å². The molecular formula is C24H25ClF3N7O2. The fourth-order valence-electron chi connectivity index (χ4n) is 4.03. The van der Waals surface area contributed by atoms with Crippen LogP contribution in [0.2, 0.25) is 5.02 Å². The quantitative estimate of drug-likeness (QED) is 0.279. The Morgan fingerprint density at radius 1 is 1.27 bits per heavy atom. The van der Waals surface area contributed by atoms with Crippen LogP contribution < -0.4 is 16.4 Å². The van der Waals surface area contributed by atoms with Crippen LogP contribution in [0.1, 0.15) is 57.7 Å². The zero-order chi connectivity index (χ0) is 26.9. The third-order valence-corrected chi connectivity index (χ3v) is 6.20. The van der Waals surface area contributed by atoms with E-state index < -0.39 is 17.8 Å². The average molecular weight is 536 g/mol. The molecule has 196 valence electrons. The minimum atomic E-state index is -4.71. The van der Waals surface area contributed by atoms with Crippen molar-refractivity contribution < 1.29 is 22.8 Å². The molecule has 1 saturated carbocycles. The molecule has 1 aliphatic rings. The van der Waals surface area contributed by atoms with Crippen molar-refractivity contribution >= 4 is 23.4 Å². The topological polar surface area (TPSA) is 142 Å². The van der Waals surface area contributed by atoms with Crippen molar-refractivity contribution in [3.63, 3.8) is 0 Å². The highest BCUT2D eigenvalue weighted by Crippen LogP contribution is 2.37. The molecule has 37 heavy (non-hydrogen) atoms. The number of nitrogens with two attached hydrogens (primary N) is 1. The molecular weight excluding hydrogens is 511 g/mol. The number of carbonyl (C=O) groups is 2. The molecule has 0 radical (unpaired) electrons. The summed E-state index contributed by atoms with van der Waals surface area (Å²) in [5, 5.41) is 11.5. The number of nitrogens with zero attached hydrogens (tertiary/aromatic N) is 2. The van der Waals surface area contributed by atoms with Gasteiger partial charge in [-0.1, -0.05) is 29.8 Å². The lowest BCUT2D eigenvalue weighted by Gasteiger charge is -2.33. The van der Waals surface area contributed by atoms with E-state index in [1.165, 1.54) is 0 Å². The van der Waals surface area contributed by atoms with Gasteiger partial charge in [0.15, 0.2) is 11.5 Å². The van der Waals surface area contributed by atoms with Gasteiger partial charge in [-0.15, -0.1) is 0 Å². The molecule has 1 aliphatic carbocycles. The largest absolute Gasteiger partial charge is 0.435 e. The summed E-state index contributed by atoms with van der Waals surface area (Å²) < 4.78 is 40.5. The summed E-state index contributed by atoms with van der Waals surface area (Å²) in [5.74, 6) is -1.11. The highest BCUT2D eigenvalue weighted by Gasteiger charge is 2.39. The first kappa shape index (κ1) is 26.4. The van der Waals surface area contributed by atoms with Gasteiger partial charge >= 0.3 is 6.18 Å². The normalized spacial score (nSPS) is 17.2.